The molecular weight excluding hydrogens is 358 g/mol. The molecular formula is C20H23N5OS. The summed E-state index contributed by atoms with van der Waals surface area (Å²) < 4.78 is 1.15. The number of fused-ring (bicyclic) bond motifs is 1. The van der Waals surface area contributed by atoms with Gasteiger partial charge in [-0.25, -0.2) is 4.98 Å². The Morgan fingerprint density at radius 3 is 3.04 bits per heavy atom. The van der Waals surface area contributed by atoms with Gasteiger partial charge in [0, 0.05) is 24.7 Å². The summed E-state index contributed by atoms with van der Waals surface area (Å²) in [4.78, 5) is 18.4. The highest BCUT2D eigenvalue weighted by Gasteiger charge is 2.22. The van der Waals surface area contributed by atoms with E-state index in [0.717, 1.165) is 34.7 Å². The number of aromatic nitrogens is 1. The zero-order valence-corrected chi connectivity index (χ0v) is 16.4. The van der Waals surface area contributed by atoms with Gasteiger partial charge in [-0.2, -0.15) is 5.26 Å². The number of thiazole rings is 1. The van der Waals surface area contributed by atoms with Crippen LogP contribution >= 0.6 is 11.3 Å². The number of anilines is 1. The number of rotatable bonds is 6. The Kier molecular flexibility index (Phi) is 5.95. The third kappa shape index (κ3) is 5.19. The Hall–Kier alpha value is -2.61. The minimum Gasteiger partial charge on any atom is -0.360 e. The van der Waals surface area contributed by atoms with E-state index in [1.165, 1.54) is 0 Å². The summed E-state index contributed by atoms with van der Waals surface area (Å²) in [5.74, 6) is 2.47. The van der Waals surface area contributed by atoms with Crippen LogP contribution in [0.4, 0.5) is 5.13 Å². The second-order valence-corrected chi connectivity index (χ2v) is 8.25. The summed E-state index contributed by atoms with van der Waals surface area (Å²) in [7, 11) is 0. The molecule has 1 saturated heterocycles. The van der Waals surface area contributed by atoms with Gasteiger partial charge in [0.2, 0.25) is 5.78 Å². The van der Waals surface area contributed by atoms with Gasteiger partial charge < -0.3 is 15.5 Å². The van der Waals surface area contributed by atoms with Crippen molar-refractivity contribution in [2.24, 2.45) is 0 Å². The molecule has 0 aliphatic carbocycles. The number of Topliss-reactive ketones (excluding diaryl/α,β-unsaturated/α-hetero) is 1. The van der Waals surface area contributed by atoms with Gasteiger partial charge in [-0.05, 0) is 44.7 Å². The summed E-state index contributed by atoms with van der Waals surface area (Å²) in [6, 6.07) is 12.9. The van der Waals surface area contributed by atoms with Gasteiger partial charge in [0.1, 0.15) is 6.04 Å². The number of carbonyl (C=O) groups excluding carboxylic acids is 1. The van der Waals surface area contributed by atoms with E-state index >= 15 is 0 Å². The van der Waals surface area contributed by atoms with E-state index in [9.17, 15) is 4.79 Å². The average molecular weight is 382 g/mol. The minimum absolute atomic E-state index is 0.173. The van der Waals surface area contributed by atoms with Crippen LogP contribution in [0.1, 0.15) is 26.7 Å². The number of nitriles is 1. The van der Waals surface area contributed by atoms with Gasteiger partial charge in [0.15, 0.2) is 5.13 Å². The number of nitrogens with zero attached hydrogens (tertiary/aromatic N) is 3. The fourth-order valence-corrected chi connectivity index (χ4v) is 3.70. The first-order chi connectivity index (χ1) is 13.0. The van der Waals surface area contributed by atoms with Crippen molar-refractivity contribution in [1.29, 1.82) is 5.26 Å². The summed E-state index contributed by atoms with van der Waals surface area (Å²) in [6.45, 7) is 5.62. The minimum atomic E-state index is -0.294. The average Bonchev–Trinajstić information content (AvgIpc) is 3.29. The van der Waals surface area contributed by atoms with Gasteiger partial charge in [0.05, 0.1) is 22.8 Å². The maximum Gasteiger partial charge on any atom is 0.220 e. The van der Waals surface area contributed by atoms with E-state index < -0.39 is 0 Å². The molecule has 1 aromatic heterocycles. The predicted molar refractivity (Wildman–Crippen MR) is 108 cm³/mol. The maximum atomic E-state index is 12.1. The van der Waals surface area contributed by atoms with Crippen molar-refractivity contribution in [3.05, 3.63) is 24.3 Å². The number of benzene rings is 1. The smallest absolute Gasteiger partial charge is 0.220 e. The number of para-hydroxylation sites is 1. The van der Waals surface area contributed by atoms with Crippen LogP contribution in [0.15, 0.2) is 24.3 Å². The molecule has 7 heteroatoms. The third-order valence-electron chi connectivity index (χ3n) is 4.44. The normalized spacial score (nSPS) is 16.6. The Balaban J connectivity index is 1.48. The van der Waals surface area contributed by atoms with Crippen LogP contribution in [0.5, 0.6) is 0 Å². The molecule has 2 heterocycles. The number of carbonyl (C=O) groups is 1. The molecule has 1 atom stereocenters. The molecule has 27 heavy (non-hydrogen) atoms. The van der Waals surface area contributed by atoms with Crippen LogP contribution in [0.3, 0.4) is 0 Å². The fourth-order valence-electron chi connectivity index (χ4n) is 2.84. The van der Waals surface area contributed by atoms with Gasteiger partial charge in [-0.3, -0.25) is 4.79 Å². The first-order valence-electron chi connectivity index (χ1n) is 9.02. The molecule has 0 amide bonds. The van der Waals surface area contributed by atoms with E-state index in [0.29, 0.717) is 6.54 Å². The maximum absolute atomic E-state index is 12.1. The SMILES string of the molecule is CC(C)(CNc1nc2ccccc2s1)NCC(=O)C#CN1CCC[C@H]1C#N. The van der Waals surface area contributed by atoms with E-state index in [-0.39, 0.29) is 23.9 Å². The molecule has 0 spiro atoms. The molecule has 1 fully saturated rings. The van der Waals surface area contributed by atoms with Crippen LogP contribution in [0, 0.1) is 23.3 Å². The Bertz CT molecular complexity index is 885. The Morgan fingerprint density at radius 1 is 1.44 bits per heavy atom. The van der Waals surface area contributed by atoms with Gasteiger partial charge in [0.25, 0.3) is 0 Å². The number of ketones is 1. The van der Waals surface area contributed by atoms with Crippen molar-refractivity contribution >= 4 is 32.5 Å². The standard InChI is InChI=1S/C20H23N5OS/c1-20(2,14-22-19-24-17-7-3-4-8-18(17)27-19)23-13-16(26)9-11-25-10-5-6-15(25)12-21/h3-4,7-8,15,23H,5-6,10,13-14H2,1-2H3,(H,22,24)/t15-/m0/s1. The van der Waals surface area contributed by atoms with Crippen molar-refractivity contribution in [3.63, 3.8) is 0 Å². The van der Waals surface area contributed by atoms with E-state index in [1.54, 1.807) is 16.2 Å². The lowest BCUT2D eigenvalue weighted by Gasteiger charge is -2.25. The largest absolute Gasteiger partial charge is 0.360 e. The summed E-state index contributed by atoms with van der Waals surface area (Å²) >= 11 is 1.62. The lowest BCUT2D eigenvalue weighted by molar-refractivity contribution is -0.113. The number of likely N-dealkylation sites (tertiary alicyclic amines) is 1. The van der Waals surface area contributed by atoms with E-state index in [2.05, 4.69) is 39.7 Å². The van der Waals surface area contributed by atoms with Crippen molar-refractivity contribution in [2.45, 2.75) is 38.3 Å². The molecule has 0 bridgehead atoms. The van der Waals surface area contributed by atoms with Crippen LogP contribution in [-0.4, -0.2) is 46.9 Å². The van der Waals surface area contributed by atoms with Crippen molar-refractivity contribution in [2.75, 3.05) is 25.0 Å². The molecule has 2 N–H and O–H groups in total. The van der Waals surface area contributed by atoms with Crippen molar-refractivity contribution in [3.8, 4) is 18.0 Å². The molecule has 1 aliphatic heterocycles. The zero-order chi connectivity index (χ0) is 19.3. The summed E-state index contributed by atoms with van der Waals surface area (Å²) in [5.41, 5.74) is 0.691. The van der Waals surface area contributed by atoms with E-state index in [1.807, 2.05) is 32.0 Å². The third-order valence-corrected chi connectivity index (χ3v) is 5.44. The van der Waals surface area contributed by atoms with Crippen LogP contribution in [-0.2, 0) is 4.79 Å². The molecule has 2 aromatic rings. The van der Waals surface area contributed by atoms with Crippen molar-refractivity contribution in [1.82, 2.24) is 15.2 Å². The lowest BCUT2D eigenvalue weighted by atomic mass is 10.1. The second kappa shape index (κ2) is 8.39. The zero-order valence-electron chi connectivity index (χ0n) is 15.6. The molecule has 140 valence electrons. The molecule has 6 nitrogen and oxygen atoms in total. The van der Waals surface area contributed by atoms with Gasteiger partial charge >= 0.3 is 0 Å². The van der Waals surface area contributed by atoms with Crippen molar-refractivity contribution < 1.29 is 4.79 Å². The first kappa shape index (κ1) is 19.2. The Morgan fingerprint density at radius 2 is 2.26 bits per heavy atom. The summed E-state index contributed by atoms with van der Waals surface area (Å²) in [6.07, 6.45) is 1.77. The second-order valence-electron chi connectivity index (χ2n) is 7.22. The fraction of sp³-hybridized carbons (Fsp3) is 0.450. The lowest BCUT2D eigenvalue weighted by Crippen LogP contribution is -2.47. The monoisotopic (exact) mass is 381 g/mol. The molecule has 0 unspecified atom stereocenters. The molecule has 3 rings (SSSR count). The quantitative estimate of drug-likeness (QED) is 0.749. The molecule has 0 saturated carbocycles. The van der Waals surface area contributed by atoms with E-state index in [4.69, 9.17) is 5.26 Å². The van der Waals surface area contributed by atoms with Gasteiger partial charge in [-0.15, -0.1) is 0 Å². The topological polar surface area (TPSA) is 81.1 Å². The number of nitrogens with one attached hydrogen (secondary N) is 2. The van der Waals surface area contributed by atoms with Crippen LogP contribution < -0.4 is 10.6 Å². The highest BCUT2D eigenvalue weighted by atomic mass is 32.1. The highest BCUT2D eigenvalue weighted by molar-refractivity contribution is 7.22. The first-order valence-corrected chi connectivity index (χ1v) is 9.84. The van der Waals surface area contributed by atoms with Crippen LogP contribution in [0.25, 0.3) is 10.2 Å². The number of hydrogen-bond donors (Lipinski definition) is 2. The molecule has 0 radical (unpaired) electrons. The molecule has 1 aromatic carbocycles. The Labute approximate surface area is 163 Å². The van der Waals surface area contributed by atoms with Gasteiger partial charge in [-0.1, -0.05) is 23.5 Å². The van der Waals surface area contributed by atoms with Crippen LogP contribution in [0.2, 0.25) is 0 Å². The highest BCUT2D eigenvalue weighted by Crippen LogP contribution is 2.25. The molecule has 1 aliphatic rings. The summed E-state index contributed by atoms with van der Waals surface area (Å²) in [5, 5.41) is 16.5. The predicted octanol–water partition coefficient (Wildman–Crippen LogP) is 2.59. The number of hydrogen-bond acceptors (Lipinski definition) is 7.